The van der Waals surface area contributed by atoms with Gasteiger partial charge in [0, 0.05) is 19.2 Å². The van der Waals surface area contributed by atoms with Crippen LogP contribution in [0.4, 0.5) is 0 Å². The molecule has 1 saturated heterocycles. The predicted octanol–water partition coefficient (Wildman–Crippen LogP) is 0.649. The van der Waals surface area contributed by atoms with Crippen LogP contribution >= 0.6 is 0 Å². The summed E-state index contributed by atoms with van der Waals surface area (Å²) in [5.41, 5.74) is 1.00. The zero-order chi connectivity index (χ0) is 14.8. The quantitative estimate of drug-likeness (QED) is 0.748. The van der Waals surface area contributed by atoms with E-state index in [1.54, 1.807) is 0 Å². The maximum atomic E-state index is 12.1. The maximum absolute atomic E-state index is 12.1. The minimum absolute atomic E-state index is 0.0399. The lowest BCUT2D eigenvalue weighted by molar-refractivity contribution is -0.138. The van der Waals surface area contributed by atoms with Crippen LogP contribution in [0.25, 0.3) is 0 Å². The number of hydrogen-bond donors (Lipinski definition) is 0. The fraction of sp³-hybridized carbons (Fsp3) is 0.429. The summed E-state index contributed by atoms with van der Waals surface area (Å²) in [4.78, 5) is 25.0. The third-order valence-corrected chi connectivity index (χ3v) is 4.27. The van der Waals surface area contributed by atoms with E-state index in [9.17, 15) is 18.0 Å². The molecule has 1 atom stereocenters. The number of likely N-dealkylation sites (tertiary alicyclic amines) is 1. The molecular formula is C14H17NO4S. The number of carbonyl (C=O) groups is 2. The highest BCUT2D eigenvalue weighted by atomic mass is 32.2. The Morgan fingerprint density at radius 2 is 1.85 bits per heavy atom. The standard InChI is InChI=1S/C14H17NO4S/c1-20(18,19)8-7-15-13(16)10-12(14(15)17)9-11-5-3-2-4-6-11/h2-6,12H,7-10H2,1H3. The van der Waals surface area contributed by atoms with Crippen LogP contribution in [0.2, 0.25) is 0 Å². The molecule has 0 saturated carbocycles. The number of rotatable bonds is 5. The van der Waals surface area contributed by atoms with Gasteiger partial charge in [0.1, 0.15) is 9.84 Å². The molecule has 108 valence electrons. The van der Waals surface area contributed by atoms with Gasteiger partial charge in [0.05, 0.1) is 11.7 Å². The molecule has 1 aliphatic heterocycles. The third-order valence-electron chi connectivity index (χ3n) is 3.35. The molecule has 0 N–H and O–H groups in total. The number of carbonyl (C=O) groups excluding carboxylic acids is 2. The van der Waals surface area contributed by atoms with Crippen molar-refractivity contribution >= 4 is 21.7 Å². The van der Waals surface area contributed by atoms with Gasteiger partial charge < -0.3 is 0 Å². The number of amides is 2. The number of nitrogens with zero attached hydrogens (tertiary/aromatic N) is 1. The lowest BCUT2D eigenvalue weighted by atomic mass is 9.98. The van der Waals surface area contributed by atoms with Crippen LogP contribution in [0, 0.1) is 5.92 Å². The molecule has 20 heavy (non-hydrogen) atoms. The molecule has 1 heterocycles. The Bertz CT molecular complexity index is 609. The number of hydrogen-bond acceptors (Lipinski definition) is 4. The van der Waals surface area contributed by atoms with Gasteiger partial charge in [-0.25, -0.2) is 8.42 Å². The number of sulfone groups is 1. The second-order valence-electron chi connectivity index (χ2n) is 5.10. The summed E-state index contributed by atoms with van der Waals surface area (Å²) in [6.07, 6.45) is 1.78. The fourth-order valence-electron chi connectivity index (χ4n) is 2.30. The number of benzene rings is 1. The normalized spacial score (nSPS) is 19.6. The molecule has 5 nitrogen and oxygen atoms in total. The SMILES string of the molecule is CS(=O)(=O)CCN1C(=O)CC(Cc2ccccc2)C1=O. The van der Waals surface area contributed by atoms with Crippen LogP contribution in [0.1, 0.15) is 12.0 Å². The Balaban J connectivity index is 2.01. The van der Waals surface area contributed by atoms with Gasteiger partial charge in [0.15, 0.2) is 0 Å². The van der Waals surface area contributed by atoms with Crippen molar-refractivity contribution < 1.29 is 18.0 Å². The molecule has 1 unspecified atom stereocenters. The van der Waals surface area contributed by atoms with Gasteiger partial charge in [-0.15, -0.1) is 0 Å². The van der Waals surface area contributed by atoms with E-state index in [1.165, 1.54) is 0 Å². The zero-order valence-corrected chi connectivity index (χ0v) is 12.1. The Hall–Kier alpha value is -1.69. The van der Waals surface area contributed by atoms with Gasteiger partial charge >= 0.3 is 0 Å². The van der Waals surface area contributed by atoms with Gasteiger partial charge in [0.25, 0.3) is 0 Å². The zero-order valence-electron chi connectivity index (χ0n) is 11.3. The molecule has 0 spiro atoms. The molecule has 0 bridgehead atoms. The minimum atomic E-state index is -3.18. The Morgan fingerprint density at radius 3 is 2.45 bits per heavy atom. The first-order valence-corrected chi connectivity index (χ1v) is 8.49. The van der Waals surface area contributed by atoms with Crippen molar-refractivity contribution in [1.29, 1.82) is 0 Å². The summed E-state index contributed by atoms with van der Waals surface area (Å²) in [6, 6.07) is 9.49. The van der Waals surface area contributed by atoms with E-state index < -0.39 is 9.84 Å². The Morgan fingerprint density at radius 1 is 1.20 bits per heavy atom. The first kappa shape index (κ1) is 14.7. The number of imide groups is 1. The molecule has 0 aromatic heterocycles. The first-order chi connectivity index (χ1) is 9.37. The molecule has 1 aromatic carbocycles. The molecule has 0 aliphatic carbocycles. The summed E-state index contributed by atoms with van der Waals surface area (Å²) in [6.45, 7) is -0.0399. The van der Waals surface area contributed by atoms with Crippen molar-refractivity contribution in [1.82, 2.24) is 4.90 Å². The van der Waals surface area contributed by atoms with Crippen LogP contribution in [0.5, 0.6) is 0 Å². The third kappa shape index (κ3) is 3.66. The van der Waals surface area contributed by atoms with Crippen LogP contribution < -0.4 is 0 Å². The van der Waals surface area contributed by atoms with Gasteiger partial charge in [-0.3, -0.25) is 14.5 Å². The predicted molar refractivity (Wildman–Crippen MR) is 74.7 cm³/mol. The van der Waals surface area contributed by atoms with Gasteiger partial charge in [-0.1, -0.05) is 30.3 Å². The lowest BCUT2D eigenvalue weighted by Gasteiger charge is -2.14. The molecule has 6 heteroatoms. The molecule has 1 aliphatic rings. The highest BCUT2D eigenvalue weighted by molar-refractivity contribution is 7.90. The average Bonchev–Trinajstić information content (AvgIpc) is 2.63. The van der Waals surface area contributed by atoms with Crippen molar-refractivity contribution in [2.45, 2.75) is 12.8 Å². The molecule has 2 amide bonds. The highest BCUT2D eigenvalue weighted by Gasteiger charge is 2.38. The van der Waals surface area contributed by atoms with E-state index in [-0.39, 0.29) is 36.5 Å². The van der Waals surface area contributed by atoms with Gasteiger partial charge in [0.2, 0.25) is 11.8 Å². The van der Waals surface area contributed by atoms with E-state index in [0.717, 1.165) is 16.7 Å². The van der Waals surface area contributed by atoms with Gasteiger partial charge in [-0.05, 0) is 12.0 Å². The van der Waals surface area contributed by atoms with E-state index in [4.69, 9.17) is 0 Å². The van der Waals surface area contributed by atoms with Crippen molar-refractivity contribution in [3.8, 4) is 0 Å². The molecule has 1 fully saturated rings. The van der Waals surface area contributed by atoms with Crippen LogP contribution in [-0.2, 0) is 25.8 Å². The van der Waals surface area contributed by atoms with E-state index in [0.29, 0.717) is 6.42 Å². The summed E-state index contributed by atoms with van der Waals surface area (Å²) in [5, 5.41) is 0. The molecule has 1 aromatic rings. The fourth-order valence-corrected chi connectivity index (χ4v) is 2.82. The summed E-state index contributed by atoms with van der Waals surface area (Å²) < 4.78 is 22.2. The molecule has 0 radical (unpaired) electrons. The average molecular weight is 295 g/mol. The van der Waals surface area contributed by atoms with Crippen LogP contribution in [-0.4, -0.2) is 43.7 Å². The topological polar surface area (TPSA) is 71.5 Å². The van der Waals surface area contributed by atoms with Crippen molar-refractivity contribution in [2.24, 2.45) is 5.92 Å². The first-order valence-electron chi connectivity index (χ1n) is 6.42. The smallest absolute Gasteiger partial charge is 0.233 e. The Kier molecular flexibility index (Phi) is 4.23. The van der Waals surface area contributed by atoms with Crippen molar-refractivity contribution in [2.75, 3.05) is 18.6 Å². The van der Waals surface area contributed by atoms with Gasteiger partial charge in [-0.2, -0.15) is 0 Å². The summed E-state index contributed by atoms with van der Waals surface area (Å²) in [5.74, 6) is -1.09. The van der Waals surface area contributed by atoms with Crippen molar-refractivity contribution in [3.05, 3.63) is 35.9 Å². The van der Waals surface area contributed by atoms with Crippen LogP contribution in [0.3, 0.4) is 0 Å². The van der Waals surface area contributed by atoms with Crippen molar-refractivity contribution in [3.63, 3.8) is 0 Å². The van der Waals surface area contributed by atoms with E-state index >= 15 is 0 Å². The van der Waals surface area contributed by atoms with E-state index in [2.05, 4.69) is 0 Å². The molecular weight excluding hydrogens is 278 g/mol. The monoisotopic (exact) mass is 295 g/mol. The Labute approximate surface area is 118 Å². The highest BCUT2D eigenvalue weighted by Crippen LogP contribution is 2.23. The summed E-state index contributed by atoms with van der Waals surface area (Å²) >= 11 is 0. The lowest BCUT2D eigenvalue weighted by Crippen LogP contribution is -2.35. The largest absolute Gasteiger partial charge is 0.281 e. The second kappa shape index (κ2) is 5.75. The minimum Gasteiger partial charge on any atom is -0.281 e. The summed E-state index contributed by atoms with van der Waals surface area (Å²) in [7, 11) is -3.18. The molecule has 2 rings (SSSR count). The van der Waals surface area contributed by atoms with E-state index in [1.807, 2.05) is 30.3 Å². The van der Waals surface area contributed by atoms with Crippen LogP contribution in [0.15, 0.2) is 30.3 Å². The maximum Gasteiger partial charge on any atom is 0.233 e. The second-order valence-corrected chi connectivity index (χ2v) is 7.36.